The highest BCUT2D eigenvalue weighted by atomic mass is 35.5. The topological polar surface area (TPSA) is 102 Å². The van der Waals surface area contributed by atoms with Gasteiger partial charge in [-0.05, 0) is 55.3 Å². The number of carbonyl (C=O) groups is 2. The van der Waals surface area contributed by atoms with Crippen LogP contribution in [0.25, 0.3) is 0 Å². The standard InChI is InChI=1S/C22H22Cl2N2O4/c1-13-3-8-19(10-20(13)24)30-12-17(9-18(23)11-25)21(27)26-14(2)15-4-6-16(7-5-15)22(28)29/h3-11,14H,12,25H2,1-2H3,(H,26,27)(H,28,29)/b17-9+,18-11+. The summed E-state index contributed by atoms with van der Waals surface area (Å²) in [4.78, 5) is 23.8. The van der Waals surface area contributed by atoms with E-state index in [1.54, 1.807) is 31.2 Å². The molecule has 0 aliphatic rings. The average Bonchev–Trinajstić information content (AvgIpc) is 2.73. The minimum Gasteiger partial charge on any atom is -0.489 e. The molecular weight excluding hydrogens is 427 g/mol. The van der Waals surface area contributed by atoms with Crippen molar-refractivity contribution in [2.24, 2.45) is 5.73 Å². The maximum Gasteiger partial charge on any atom is 0.335 e. The van der Waals surface area contributed by atoms with Crippen molar-refractivity contribution in [3.63, 3.8) is 0 Å². The molecule has 158 valence electrons. The SMILES string of the molecule is Cc1ccc(OC/C(=C\C(Cl)=C/N)C(=O)NC(C)c2ccc(C(=O)O)cc2)cc1Cl. The van der Waals surface area contributed by atoms with Crippen LogP contribution in [-0.4, -0.2) is 23.6 Å². The van der Waals surface area contributed by atoms with Gasteiger partial charge in [0.25, 0.3) is 5.91 Å². The van der Waals surface area contributed by atoms with E-state index in [9.17, 15) is 9.59 Å². The highest BCUT2D eigenvalue weighted by Crippen LogP contribution is 2.22. The van der Waals surface area contributed by atoms with Gasteiger partial charge in [0.1, 0.15) is 12.4 Å². The number of benzene rings is 2. The first kappa shape index (κ1) is 23.3. The smallest absolute Gasteiger partial charge is 0.335 e. The minimum absolute atomic E-state index is 0.0556. The summed E-state index contributed by atoms with van der Waals surface area (Å²) in [6.45, 7) is 3.60. The van der Waals surface area contributed by atoms with Gasteiger partial charge in [0.15, 0.2) is 0 Å². The molecule has 0 radical (unpaired) electrons. The Hall–Kier alpha value is -2.96. The van der Waals surface area contributed by atoms with Crippen LogP contribution in [0.5, 0.6) is 5.75 Å². The van der Waals surface area contributed by atoms with Gasteiger partial charge in [-0.3, -0.25) is 4.79 Å². The predicted octanol–water partition coefficient (Wildman–Crippen LogP) is 4.57. The number of carboxylic acid groups (broad SMARTS) is 1. The van der Waals surface area contributed by atoms with Gasteiger partial charge in [0.2, 0.25) is 0 Å². The summed E-state index contributed by atoms with van der Waals surface area (Å²) in [6, 6.07) is 11.1. The van der Waals surface area contributed by atoms with Crippen LogP contribution in [0.1, 0.15) is 34.5 Å². The van der Waals surface area contributed by atoms with Gasteiger partial charge in [0, 0.05) is 11.2 Å². The van der Waals surface area contributed by atoms with Crippen LogP contribution in [0.2, 0.25) is 5.02 Å². The lowest BCUT2D eigenvalue weighted by molar-refractivity contribution is -0.118. The van der Waals surface area contributed by atoms with Crippen molar-refractivity contribution < 1.29 is 19.4 Å². The van der Waals surface area contributed by atoms with Crippen LogP contribution < -0.4 is 15.8 Å². The number of allylic oxidation sites excluding steroid dienone is 2. The summed E-state index contributed by atoms with van der Waals surface area (Å²) < 4.78 is 5.69. The Labute approximate surface area is 184 Å². The molecule has 8 heteroatoms. The molecule has 0 heterocycles. The van der Waals surface area contributed by atoms with Gasteiger partial charge in [-0.25, -0.2) is 4.79 Å². The normalized spacial score (nSPS) is 12.9. The van der Waals surface area contributed by atoms with E-state index in [2.05, 4.69) is 5.32 Å². The third-order valence-corrected chi connectivity index (χ3v) is 4.95. The number of hydrogen-bond acceptors (Lipinski definition) is 4. The molecule has 6 nitrogen and oxygen atoms in total. The molecule has 0 fully saturated rings. The summed E-state index contributed by atoms with van der Waals surface area (Å²) in [6.07, 6.45) is 2.60. The first-order valence-electron chi connectivity index (χ1n) is 9.02. The van der Waals surface area contributed by atoms with Crippen LogP contribution in [0.3, 0.4) is 0 Å². The molecule has 4 N–H and O–H groups in total. The molecule has 1 amide bonds. The van der Waals surface area contributed by atoms with Crippen LogP contribution in [0.4, 0.5) is 0 Å². The molecule has 0 aliphatic heterocycles. The van der Waals surface area contributed by atoms with Crippen molar-refractivity contribution in [2.75, 3.05) is 6.61 Å². The Bertz CT molecular complexity index is 985. The summed E-state index contributed by atoms with van der Waals surface area (Å²) in [5.74, 6) is -0.905. The van der Waals surface area contributed by atoms with Crippen molar-refractivity contribution in [3.8, 4) is 5.75 Å². The van der Waals surface area contributed by atoms with Gasteiger partial charge in [-0.1, -0.05) is 41.4 Å². The van der Waals surface area contributed by atoms with Gasteiger partial charge in [0.05, 0.1) is 22.2 Å². The number of rotatable bonds is 8. The second kappa shape index (κ2) is 10.7. The van der Waals surface area contributed by atoms with Crippen LogP contribution in [0.15, 0.2) is 65.3 Å². The lowest BCUT2D eigenvalue weighted by Gasteiger charge is -2.17. The van der Waals surface area contributed by atoms with Crippen molar-refractivity contribution in [3.05, 3.63) is 87.1 Å². The van der Waals surface area contributed by atoms with E-state index in [-0.39, 0.29) is 28.8 Å². The molecule has 2 rings (SSSR count). The summed E-state index contributed by atoms with van der Waals surface area (Å²) in [7, 11) is 0. The fourth-order valence-electron chi connectivity index (χ4n) is 2.50. The molecule has 0 saturated carbocycles. The lowest BCUT2D eigenvalue weighted by atomic mass is 10.1. The molecule has 0 bridgehead atoms. The lowest BCUT2D eigenvalue weighted by Crippen LogP contribution is -2.30. The summed E-state index contributed by atoms with van der Waals surface area (Å²) in [5.41, 5.74) is 7.51. The monoisotopic (exact) mass is 448 g/mol. The molecule has 0 aliphatic carbocycles. The molecule has 2 aromatic rings. The van der Waals surface area contributed by atoms with E-state index in [0.717, 1.165) is 11.1 Å². The number of aryl methyl sites for hydroxylation is 1. The zero-order chi connectivity index (χ0) is 22.3. The predicted molar refractivity (Wildman–Crippen MR) is 118 cm³/mol. The van der Waals surface area contributed by atoms with Crippen LogP contribution in [0, 0.1) is 6.92 Å². The van der Waals surface area contributed by atoms with E-state index < -0.39 is 11.9 Å². The maximum atomic E-state index is 12.8. The summed E-state index contributed by atoms with van der Waals surface area (Å²) in [5, 5.41) is 12.6. The van der Waals surface area contributed by atoms with Gasteiger partial charge < -0.3 is 20.9 Å². The second-order valence-electron chi connectivity index (χ2n) is 6.54. The Morgan fingerprint density at radius 1 is 1.23 bits per heavy atom. The first-order valence-corrected chi connectivity index (χ1v) is 9.78. The Kier molecular flexibility index (Phi) is 8.33. The number of aromatic carboxylic acids is 1. The van der Waals surface area contributed by atoms with Crippen molar-refractivity contribution in [1.82, 2.24) is 5.32 Å². The quantitative estimate of drug-likeness (QED) is 0.405. The molecule has 30 heavy (non-hydrogen) atoms. The van der Waals surface area contributed by atoms with Crippen LogP contribution >= 0.6 is 23.2 Å². The third kappa shape index (κ3) is 6.54. The highest BCUT2D eigenvalue weighted by Gasteiger charge is 2.16. The van der Waals surface area contributed by atoms with E-state index >= 15 is 0 Å². The van der Waals surface area contributed by atoms with E-state index in [4.69, 9.17) is 38.8 Å². The number of hydrogen-bond donors (Lipinski definition) is 3. The van der Waals surface area contributed by atoms with Crippen molar-refractivity contribution in [1.29, 1.82) is 0 Å². The van der Waals surface area contributed by atoms with E-state index in [0.29, 0.717) is 10.8 Å². The molecule has 0 saturated heterocycles. The highest BCUT2D eigenvalue weighted by molar-refractivity contribution is 6.31. The Balaban J connectivity index is 2.13. The number of nitrogens with one attached hydrogen (secondary N) is 1. The van der Waals surface area contributed by atoms with Crippen LogP contribution in [-0.2, 0) is 4.79 Å². The zero-order valence-electron chi connectivity index (χ0n) is 16.5. The van der Waals surface area contributed by atoms with E-state index in [1.807, 2.05) is 13.0 Å². The second-order valence-corrected chi connectivity index (χ2v) is 7.39. The molecule has 1 unspecified atom stereocenters. The van der Waals surface area contributed by atoms with Crippen molar-refractivity contribution in [2.45, 2.75) is 19.9 Å². The number of carboxylic acids is 1. The van der Waals surface area contributed by atoms with Gasteiger partial charge in [-0.15, -0.1) is 0 Å². The fourth-order valence-corrected chi connectivity index (χ4v) is 2.80. The number of amides is 1. The van der Waals surface area contributed by atoms with Gasteiger partial charge in [-0.2, -0.15) is 0 Å². The molecule has 0 spiro atoms. The fraction of sp³-hybridized carbons (Fsp3) is 0.182. The molecule has 0 aromatic heterocycles. The largest absolute Gasteiger partial charge is 0.489 e. The van der Waals surface area contributed by atoms with E-state index in [1.165, 1.54) is 24.4 Å². The number of halogens is 2. The molecular formula is C22H22Cl2N2O4. The van der Waals surface area contributed by atoms with Gasteiger partial charge >= 0.3 is 5.97 Å². The number of carbonyl (C=O) groups excluding carboxylic acids is 1. The third-order valence-electron chi connectivity index (χ3n) is 4.31. The summed E-state index contributed by atoms with van der Waals surface area (Å²) >= 11 is 12.1. The molecule has 1 atom stereocenters. The number of nitrogens with two attached hydrogens (primary N) is 1. The number of ether oxygens (including phenoxy) is 1. The zero-order valence-corrected chi connectivity index (χ0v) is 18.0. The molecule has 2 aromatic carbocycles. The average molecular weight is 449 g/mol. The Morgan fingerprint density at radius 2 is 1.90 bits per heavy atom. The minimum atomic E-state index is -1.01. The maximum absolute atomic E-state index is 12.8. The Morgan fingerprint density at radius 3 is 2.47 bits per heavy atom. The van der Waals surface area contributed by atoms with Crippen molar-refractivity contribution >= 4 is 35.1 Å². The first-order chi connectivity index (χ1) is 14.2.